The number of imidazole rings is 1. The number of hydrogen-bond donors (Lipinski definition) is 0. The van der Waals surface area contributed by atoms with Crippen molar-refractivity contribution in [3.63, 3.8) is 0 Å². The van der Waals surface area contributed by atoms with Crippen molar-refractivity contribution in [3.8, 4) is 11.3 Å². The van der Waals surface area contributed by atoms with E-state index >= 15 is 0 Å². The number of nitrogens with zero attached hydrogens (tertiary/aromatic N) is 4. The third-order valence-corrected chi connectivity index (χ3v) is 5.39. The summed E-state index contributed by atoms with van der Waals surface area (Å²) in [6.07, 6.45) is 6.67. The van der Waals surface area contributed by atoms with Crippen LogP contribution >= 0.6 is 22.9 Å². The third kappa shape index (κ3) is 4.38. The smallest absolute Gasteiger partial charge is 0.190 e. The molecule has 2 heterocycles. The van der Waals surface area contributed by atoms with Gasteiger partial charge in [0.05, 0.1) is 17.7 Å². The normalized spacial score (nSPS) is 11.8. The van der Waals surface area contributed by atoms with E-state index in [2.05, 4.69) is 43.8 Å². The molecule has 0 aliphatic rings. The van der Waals surface area contributed by atoms with E-state index in [1.165, 1.54) is 11.3 Å². The van der Waals surface area contributed by atoms with Crippen molar-refractivity contribution in [2.45, 2.75) is 19.5 Å². The van der Waals surface area contributed by atoms with E-state index in [1.54, 1.807) is 11.3 Å². The summed E-state index contributed by atoms with van der Waals surface area (Å²) >= 11 is 7.66. The van der Waals surface area contributed by atoms with Crippen molar-refractivity contribution in [1.29, 1.82) is 0 Å². The zero-order valence-corrected chi connectivity index (χ0v) is 16.3. The maximum Gasteiger partial charge on any atom is 0.190 e. The van der Waals surface area contributed by atoms with Gasteiger partial charge in [-0.2, -0.15) is 0 Å². The zero-order valence-electron chi connectivity index (χ0n) is 14.7. The van der Waals surface area contributed by atoms with E-state index in [-0.39, 0.29) is 0 Å². The minimum atomic E-state index is 0.721. The fraction of sp³-hybridized carbons (Fsp3) is 0.143. The number of hydrogen-bond acceptors (Lipinski definition) is 3. The molecular formula is C21H19ClN4S. The highest BCUT2D eigenvalue weighted by Crippen LogP contribution is 2.21. The maximum absolute atomic E-state index is 6.00. The van der Waals surface area contributed by atoms with Gasteiger partial charge in [-0.25, -0.2) is 9.98 Å². The molecule has 0 amide bonds. The minimum Gasteiger partial charge on any atom is -0.337 e. The van der Waals surface area contributed by atoms with Crippen molar-refractivity contribution < 1.29 is 0 Å². The van der Waals surface area contributed by atoms with Crippen molar-refractivity contribution in [2.75, 3.05) is 0 Å². The molecule has 0 saturated heterocycles. The molecule has 2 aromatic heterocycles. The van der Waals surface area contributed by atoms with Crippen LogP contribution in [0.2, 0.25) is 5.02 Å². The Morgan fingerprint density at radius 1 is 1.00 bits per heavy atom. The Bertz CT molecular complexity index is 1050. The second-order valence-electron chi connectivity index (χ2n) is 6.16. The lowest BCUT2D eigenvalue weighted by atomic mass is 10.2. The summed E-state index contributed by atoms with van der Waals surface area (Å²) in [5.74, 6) is 0. The first-order chi connectivity index (χ1) is 13.3. The lowest BCUT2D eigenvalue weighted by molar-refractivity contribution is 0.559. The Labute approximate surface area is 167 Å². The van der Waals surface area contributed by atoms with Crippen LogP contribution in [0.1, 0.15) is 6.42 Å². The Morgan fingerprint density at radius 2 is 1.81 bits per heavy atom. The summed E-state index contributed by atoms with van der Waals surface area (Å²) in [5.41, 5.74) is 3.30. The highest BCUT2D eigenvalue weighted by Gasteiger charge is 2.08. The number of aromatic nitrogens is 3. The molecule has 0 radical (unpaired) electrons. The summed E-state index contributed by atoms with van der Waals surface area (Å²) in [6, 6.07) is 18.1. The van der Waals surface area contributed by atoms with E-state index in [9.17, 15) is 0 Å². The summed E-state index contributed by atoms with van der Waals surface area (Å²) < 4.78 is 4.40. The van der Waals surface area contributed by atoms with Gasteiger partial charge in [-0.1, -0.05) is 41.9 Å². The van der Waals surface area contributed by atoms with Crippen LogP contribution in [-0.2, 0) is 13.1 Å². The van der Waals surface area contributed by atoms with E-state index < -0.39 is 0 Å². The Kier molecular flexibility index (Phi) is 5.51. The molecule has 0 bridgehead atoms. The van der Waals surface area contributed by atoms with Gasteiger partial charge in [0.1, 0.15) is 0 Å². The van der Waals surface area contributed by atoms with Gasteiger partial charge < -0.3 is 9.13 Å². The van der Waals surface area contributed by atoms with E-state index in [0.29, 0.717) is 0 Å². The molecule has 2 aromatic carbocycles. The molecule has 136 valence electrons. The van der Waals surface area contributed by atoms with Crippen molar-refractivity contribution >= 4 is 28.6 Å². The molecule has 4 nitrogen and oxygen atoms in total. The quantitative estimate of drug-likeness (QED) is 0.431. The van der Waals surface area contributed by atoms with Gasteiger partial charge in [0.15, 0.2) is 4.80 Å². The highest BCUT2D eigenvalue weighted by molar-refractivity contribution is 7.07. The molecule has 4 rings (SSSR count). The molecule has 0 N–H and O–H groups in total. The number of aryl methyl sites for hydroxylation is 1. The molecule has 0 spiro atoms. The summed E-state index contributed by atoms with van der Waals surface area (Å²) in [6.45, 7) is 1.82. The fourth-order valence-corrected chi connectivity index (χ4v) is 4.01. The number of benzene rings is 2. The van der Waals surface area contributed by atoms with Gasteiger partial charge in [-0.05, 0) is 36.2 Å². The first-order valence-electron chi connectivity index (χ1n) is 8.79. The lowest BCUT2D eigenvalue weighted by Gasteiger charge is -2.10. The van der Waals surface area contributed by atoms with Gasteiger partial charge in [0.25, 0.3) is 0 Å². The summed E-state index contributed by atoms with van der Waals surface area (Å²) in [4.78, 5) is 9.95. The average molecular weight is 395 g/mol. The molecule has 0 aliphatic carbocycles. The average Bonchev–Trinajstić information content (AvgIpc) is 3.35. The predicted molar refractivity (Wildman–Crippen MR) is 111 cm³/mol. The summed E-state index contributed by atoms with van der Waals surface area (Å²) in [7, 11) is 0. The van der Waals surface area contributed by atoms with Crippen molar-refractivity contribution in [1.82, 2.24) is 14.1 Å². The molecule has 0 unspecified atom stereocenters. The van der Waals surface area contributed by atoms with Gasteiger partial charge in [0.2, 0.25) is 0 Å². The second-order valence-corrected chi connectivity index (χ2v) is 7.44. The lowest BCUT2D eigenvalue weighted by Crippen LogP contribution is -2.17. The molecule has 4 aromatic rings. The standard InChI is InChI=1S/C21H19ClN4S/c22-18-7-9-19(10-8-18)24-21-26(13-4-12-25-14-11-23-16-25)20(15-27-21)17-5-2-1-3-6-17/h1-3,5-11,14-16H,4,12-13H2. The third-order valence-electron chi connectivity index (χ3n) is 4.28. The first kappa shape index (κ1) is 17.8. The van der Waals surface area contributed by atoms with E-state index in [0.717, 1.165) is 35.0 Å². The van der Waals surface area contributed by atoms with Crippen molar-refractivity contribution in [2.24, 2.45) is 4.99 Å². The Balaban J connectivity index is 1.67. The first-order valence-corrected chi connectivity index (χ1v) is 10.1. The van der Waals surface area contributed by atoms with Crippen LogP contribution in [-0.4, -0.2) is 14.1 Å². The van der Waals surface area contributed by atoms with Crippen molar-refractivity contribution in [3.05, 3.63) is 88.5 Å². The Morgan fingerprint density at radius 3 is 2.56 bits per heavy atom. The van der Waals surface area contributed by atoms with Gasteiger partial charge in [0, 0.05) is 35.9 Å². The van der Waals surface area contributed by atoms with Gasteiger partial charge in [-0.15, -0.1) is 11.3 Å². The SMILES string of the molecule is Clc1ccc(N=c2scc(-c3ccccc3)n2CCCn2ccnc2)cc1. The van der Waals surface area contributed by atoms with Gasteiger partial charge in [-0.3, -0.25) is 0 Å². The fourth-order valence-electron chi connectivity index (χ4n) is 2.93. The van der Waals surface area contributed by atoms with Crippen LogP contribution in [0.5, 0.6) is 0 Å². The minimum absolute atomic E-state index is 0.721. The van der Waals surface area contributed by atoms with Crippen LogP contribution in [0.15, 0.2) is 83.7 Å². The van der Waals surface area contributed by atoms with E-state index in [4.69, 9.17) is 16.6 Å². The summed E-state index contributed by atoms with van der Waals surface area (Å²) in [5, 5.41) is 2.90. The van der Waals surface area contributed by atoms with Crippen LogP contribution in [0.25, 0.3) is 11.3 Å². The van der Waals surface area contributed by atoms with Crippen LogP contribution in [0.3, 0.4) is 0 Å². The van der Waals surface area contributed by atoms with Gasteiger partial charge >= 0.3 is 0 Å². The Hall–Kier alpha value is -2.63. The van der Waals surface area contributed by atoms with Crippen LogP contribution in [0.4, 0.5) is 5.69 Å². The van der Waals surface area contributed by atoms with Crippen LogP contribution < -0.4 is 4.80 Å². The number of thiazole rings is 1. The molecule has 27 heavy (non-hydrogen) atoms. The second kappa shape index (κ2) is 8.37. The molecule has 0 atom stereocenters. The largest absolute Gasteiger partial charge is 0.337 e. The molecular weight excluding hydrogens is 376 g/mol. The number of halogens is 1. The highest BCUT2D eigenvalue weighted by atomic mass is 35.5. The van der Waals surface area contributed by atoms with E-state index in [1.807, 2.05) is 49.1 Å². The molecule has 0 saturated carbocycles. The molecule has 6 heteroatoms. The molecule has 0 fully saturated rings. The zero-order chi connectivity index (χ0) is 18.5. The van der Waals surface area contributed by atoms with Crippen LogP contribution in [0, 0.1) is 0 Å². The molecule has 0 aliphatic heterocycles. The maximum atomic E-state index is 6.00. The number of rotatable bonds is 6. The monoisotopic (exact) mass is 394 g/mol. The topological polar surface area (TPSA) is 35.1 Å². The predicted octanol–water partition coefficient (Wildman–Crippen LogP) is 5.39.